The van der Waals surface area contributed by atoms with E-state index in [-0.39, 0.29) is 0 Å². The Bertz CT molecular complexity index is 517. The lowest BCUT2D eigenvalue weighted by Gasteiger charge is -2.20. The Kier molecular flexibility index (Phi) is 3.43. The standard InChI is InChI=1S/C13H15BrN2S/c14-11-2-1-5-16-12(11)9-15-13(16)8-10-3-6-17-7-4-10/h1-2,5,9-10H,3-4,6-8H2. The fourth-order valence-corrected chi connectivity index (χ4v) is 4.05. The van der Waals surface area contributed by atoms with Crippen LogP contribution < -0.4 is 0 Å². The highest BCUT2D eigenvalue weighted by atomic mass is 79.9. The largest absolute Gasteiger partial charge is 0.303 e. The second-order valence-corrected chi connectivity index (χ2v) is 6.62. The maximum atomic E-state index is 4.58. The SMILES string of the molecule is Brc1cccn2c(CC3CCSCC3)ncc12. The minimum Gasteiger partial charge on any atom is -0.303 e. The van der Waals surface area contributed by atoms with Crippen molar-refractivity contribution in [2.45, 2.75) is 19.3 Å². The highest BCUT2D eigenvalue weighted by Gasteiger charge is 2.16. The number of pyridine rings is 1. The summed E-state index contributed by atoms with van der Waals surface area (Å²) in [7, 11) is 0. The molecule has 17 heavy (non-hydrogen) atoms. The molecule has 0 amide bonds. The van der Waals surface area contributed by atoms with E-state index in [0.717, 1.165) is 16.8 Å². The first-order chi connectivity index (χ1) is 8.34. The van der Waals surface area contributed by atoms with Gasteiger partial charge in [0.25, 0.3) is 0 Å². The third-order valence-corrected chi connectivity index (χ3v) is 5.13. The number of halogens is 1. The lowest BCUT2D eigenvalue weighted by Crippen LogP contribution is -2.13. The van der Waals surface area contributed by atoms with Gasteiger partial charge in [-0.25, -0.2) is 4.98 Å². The van der Waals surface area contributed by atoms with Crippen molar-refractivity contribution in [2.24, 2.45) is 5.92 Å². The number of aromatic nitrogens is 2. The molecule has 2 nitrogen and oxygen atoms in total. The van der Waals surface area contributed by atoms with Crippen molar-refractivity contribution in [3.63, 3.8) is 0 Å². The molecule has 2 aromatic heterocycles. The Morgan fingerprint density at radius 3 is 3.06 bits per heavy atom. The Morgan fingerprint density at radius 1 is 1.41 bits per heavy atom. The van der Waals surface area contributed by atoms with Crippen molar-refractivity contribution in [3.05, 3.63) is 34.8 Å². The zero-order valence-electron chi connectivity index (χ0n) is 9.60. The number of thioether (sulfide) groups is 1. The highest BCUT2D eigenvalue weighted by molar-refractivity contribution is 9.10. The van der Waals surface area contributed by atoms with E-state index in [0.29, 0.717) is 0 Å². The van der Waals surface area contributed by atoms with E-state index in [1.165, 1.54) is 35.7 Å². The first-order valence-electron chi connectivity index (χ1n) is 6.03. The van der Waals surface area contributed by atoms with E-state index in [4.69, 9.17) is 0 Å². The van der Waals surface area contributed by atoms with Gasteiger partial charge in [-0.05, 0) is 58.3 Å². The summed E-state index contributed by atoms with van der Waals surface area (Å²) >= 11 is 5.65. The van der Waals surface area contributed by atoms with Gasteiger partial charge < -0.3 is 4.40 Å². The highest BCUT2D eigenvalue weighted by Crippen LogP contribution is 2.26. The molecule has 3 rings (SSSR count). The first-order valence-corrected chi connectivity index (χ1v) is 7.97. The molecule has 1 saturated heterocycles. The van der Waals surface area contributed by atoms with E-state index >= 15 is 0 Å². The molecule has 0 radical (unpaired) electrons. The van der Waals surface area contributed by atoms with E-state index < -0.39 is 0 Å². The molecule has 1 aliphatic rings. The van der Waals surface area contributed by atoms with Crippen LogP contribution in [0.5, 0.6) is 0 Å². The lowest BCUT2D eigenvalue weighted by atomic mass is 9.98. The third kappa shape index (κ3) is 2.38. The summed E-state index contributed by atoms with van der Waals surface area (Å²) in [5, 5.41) is 0. The summed E-state index contributed by atoms with van der Waals surface area (Å²) in [5.41, 5.74) is 1.17. The van der Waals surface area contributed by atoms with Crippen LogP contribution in [-0.2, 0) is 6.42 Å². The fraction of sp³-hybridized carbons (Fsp3) is 0.462. The van der Waals surface area contributed by atoms with Crippen molar-refractivity contribution in [1.82, 2.24) is 9.38 Å². The minimum atomic E-state index is 0.820. The Balaban J connectivity index is 1.87. The minimum absolute atomic E-state index is 0.820. The predicted octanol–water partition coefficient (Wildman–Crippen LogP) is 3.78. The van der Waals surface area contributed by atoms with E-state index in [1.807, 2.05) is 6.20 Å². The molecule has 90 valence electrons. The maximum absolute atomic E-state index is 4.58. The second kappa shape index (κ2) is 5.02. The molecule has 0 spiro atoms. The summed E-state index contributed by atoms with van der Waals surface area (Å²) < 4.78 is 3.34. The van der Waals surface area contributed by atoms with E-state index in [2.05, 4.69) is 55.4 Å². The Morgan fingerprint density at radius 2 is 2.24 bits per heavy atom. The Labute approximate surface area is 114 Å². The van der Waals surface area contributed by atoms with Gasteiger partial charge in [0.05, 0.1) is 11.7 Å². The van der Waals surface area contributed by atoms with Gasteiger partial charge in [0.15, 0.2) is 0 Å². The molecule has 0 saturated carbocycles. The monoisotopic (exact) mass is 310 g/mol. The van der Waals surface area contributed by atoms with Gasteiger partial charge in [-0.2, -0.15) is 11.8 Å². The van der Waals surface area contributed by atoms with Crippen LogP contribution in [0.3, 0.4) is 0 Å². The van der Waals surface area contributed by atoms with Crippen molar-refractivity contribution < 1.29 is 0 Å². The summed E-state index contributed by atoms with van der Waals surface area (Å²) in [4.78, 5) is 4.58. The van der Waals surface area contributed by atoms with Gasteiger partial charge in [0, 0.05) is 17.1 Å². The number of rotatable bonds is 2. The van der Waals surface area contributed by atoms with Crippen molar-refractivity contribution in [2.75, 3.05) is 11.5 Å². The van der Waals surface area contributed by atoms with Crippen LogP contribution >= 0.6 is 27.7 Å². The molecule has 3 heterocycles. The summed E-state index contributed by atoms with van der Waals surface area (Å²) in [6.07, 6.45) is 7.88. The van der Waals surface area contributed by atoms with Crippen LogP contribution in [0, 0.1) is 5.92 Å². The summed E-state index contributed by atoms with van der Waals surface area (Å²) in [6, 6.07) is 4.14. The van der Waals surface area contributed by atoms with Gasteiger partial charge in [-0.1, -0.05) is 0 Å². The topological polar surface area (TPSA) is 17.3 Å². The van der Waals surface area contributed by atoms with Gasteiger partial charge in [-0.15, -0.1) is 0 Å². The number of nitrogens with zero attached hydrogens (tertiary/aromatic N) is 2. The van der Waals surface area contributed by atoms with Crippen LogP contribution in [0.2, 0.25) is 0 Å². The molecule has 0 atom stereocenters. The molecular formula is C13H15BrN2S. The molecule has 4 heteroatoms. The predicted molar refractivity (Wildman–Crippen MR) is 76.6 cm³/mol. The number of hydrogen-bond donors (Lipinski definition) is 0. The normalized spacial score (nSPS) is 17.7. The van der Waals surface area contributed by atoms with Gasteiger partial charge >= 0.3 is 0 Å². The van der Waals surface area contributed by atoms with Crippen LogP contribution in [0.15, 0.2) is 29.0 Å². The second-order valence-electron chi connectivity index (χ2n) is 4.55. The number of imidazole rings is 1. The first kappa shape index (κ1) is 11.6. The average Bonchev–Trinajstić information content (AvgIpc) is 2.76. The number of fused-ring (bicyclic) bond motifs is 1. The van der Waals surface area contributed by atoms with Gasteiger partial charge in [0.1, 0.15) is 5.82 Å². The van der Waals surface area contributed by atoms with E-state index in [9.17, 15) is 0 Å². The molecule has 0 unspecified atom stereocenters. The van der Waals surface area contributed by atoms with Crippen LogP contribution in [-0.4, -0.2) is 20.9 Å². The number of hydrogen-bond acceptors (Lipinski definition) is 2. The molecule has 0 N–H and O–H groups in total. The van der Waals surface area contributed by atoms with Gasteiger partial charge in [0.2, 0.25) is 0 Å². The van der Waals surface area contributed by atoms with Crippen LogP contribution in [0.1, 0.15) is 18.7 Å². The summed E-state index contributed by atoms with van der Waals surface area (Å²) in [5.74, 6) is 4.66. The van der Waals surface area contributed by atoms with Crippen molar-refractivity contribution in [3.8, 4) is 0 Å². The molecule has 1 fully saturated rings. The average molecular weight is 311 g/mol. The van der Waals surface area contributed by atoms with Gasteiger partial charge in [-0.3, -0.25) is 0 Å². The van der Waals surface area contributed by atoms with E-state index in [1.54, 1.807) is 0 Å². The molecule has 0 aromatic carbocycles. The van der Waals surface area contributed by atoms with Crippen molar-refractivity contribution in [1.29, 1.82) is 0 Å². The zero-order valence-corrected chi connectivity index (χ0v) is 12.0. The molecular weight excluding hydrogens is 296 g/mol. The molecule has 0 aliphatic carbocycles. The quantitative estimate of drug-likeness (QED) is 0.839. The molecule has 2 aromatic rings. The van der Waals surface area contributed by atoms with Crippen molar-refractivity contribution >= 4 is 33.2 Å². The van der Waals surface area contributed by atoms with Crippen LogP contribution in [0.25, 0.3) is 5.52 Å². The molecule has 0 bridgehead atoms. The maximum Gasteiger partial charge on any atom is 0.113 e. The zero-order chi connectivity index (χ0) is 11.7. The fourth-order valence-electron chi connectivity index (χ4n) is 2.40. The molecule has 1 aliphatic heterocycles. The third-order valence-electron chi connectivity index (χ3n) is 3.41. The van der Waals surface area contributed by atoms with Crippen LogP contribution in [0.4, 0.5) is 0 Å². The lowest BCUT2D eigenvalue weighted by molar-refractivity contribution is 0.475. The Hall–Kier alpha value is -0.480. The smallest absolute Gasteiger partial charge is 0.113 e. The summed E-state index contributed by atoms with van der Waals surface area (Å²) in [6.45, 7) is 0.